The van der Waals surface area contributed by atoms with Crippen LogP contribution in [-0.2, 0) is 14.3 Å². The van der Waals surface area contributed by atoms with Crippen molar-refractivity contribution in [3.63, 3.8) is 0 Å². The summed E-state index contributed by atoms with van der Waals surface area (Å²) in [6.45, 7) is 3.93. The van der Waals surface area contributed by atoms with Crippen molar-refractivity contribution >= 4 is 35.1 Å². The van der Waals surface area contributed by atoms with Crippen molar-refractivity contribution in [2.75, 3.05) is 18.5 Å². The van der Waals surface area contributed by atoms with E-state index in [1.807, 2.05) is 6.92 Å². The van der Waals surface area contributed by atoms with Crippen LogP contribution < -0.4 is 15.4 Å². The predicted molar refractivity (Wildman–Crippen MR) is 154 cm³/mol. The molecule has 0 saturated heterocycles. The summed E-state index contributed by atoms with van der Waals surface area (Å²) < 4.78 is 61.6. The van der Waals surface area contributed by atoms with Crippen LogP contribution in [0.1, 0.15) is 66.4 Å². The van der Waals surface area contributed by atoms with E-state index in [1.54, 1.807) is 31.2 Å². The molecular formula is C31H31ClF4N2O5. The molecule has 2 atom stereocenters. The van der Waals surface area contributed by atoms with Crippen LogP contribution in [-0.4, -0.2) is 37.3 Å². The Labute approximate surface area is 251 Å². The number of esters is 1. The third kappa shape index (κ3) is 9.99. The zero-order valence-corrected chi connectivity index (χ0v) is 24.2. The quantitative estimate of drug-likeness (QED) is 0.153. The van der Waals surface area contributed by atoms with E-state index in [0.29, 0.717) is 29.5 Å². The van der Waals surface area contributed by atoms with Crippen molar-refractivity contribution in [3.05, 3.63) is 94.3 Å². The monoisotopic (exact) mass is 622 g/mol. The molecule has 2 amide bonds. The summed E-state index contributed by atoms with van der Waals surface area (Å²) in [4.78, 5) is 37.8. The van der Waals surface area contributed by atoms with E-state index in [-0.39, 0.29) is 30.3 Å². The molecule has 0 aliphatic heterocycles. The fourth-order valence-electron chi connectivity index (χ4n) is 4.58. The van der Waals surface area contributed by atoms with Crippen LogP contribution >= 0.6 is 11.6 Å². The lowest BCUT2D eigenvalue weighted by molar-refractivity contribution is -0.274. The van der Waals surface area contributed by atoms with E-state index in [2.05, 4.69) is 15.4 Å². The van der Waals surface area contributed by atoms with Gasteiger partial charge < -0.3 is 20.1 Å². The molecule has 12 heteroatoms. The van der Waals surface area contributed by atoms with Crippen LogP contribution in [0.2, 0.25) is 5.02 Å². The second-order valence-electron chi connectivity index (χ2n) is 9.54. The molecule has 3 rings (SSSR count). The van der Waals surface area contributed by atoms with Gasteiger partial charge in [0.2, 0.25) is 5.91 Å². The van der Waals surface area contributed by atoms with Crippen molar-refractivity contribution in [1.82, 2.24) is 5.32 Å². The Balaban J connectivity index is 1.91. The number of hydrogen-bond donors (Lipinski definition) is 2. The summed E-state index contributed by atoms with van der Waals surface area (Å²) in [5.74, 6) is -4.10. The van der Waals surface area contributed by atoms with Crippen LogP contribution in [0.5, 0.6) is 5.75 Å². The van der Waals surface area contributed by atoms with Crippen molar-refractivity contribution in [3.8, 4) is 5.75 Å². The molecule has 0 spiro atoms. The van der Waals surface area contributed by atoms with E-state index < -0.39 is 47.5 Å². The van der Waals surface area contributed by atoms with E-state index in [4.69, 9.17) is 16.3 Å². The summed E-state index contributed by atoms with van der Waals surface area (Å²) >= 11 is 5.84. The minimum absolute atomic E-state index is 0.0219. The van der Waals surface area contributed by atoms with Gasteiger partial charge in [0.25, 0.3) is 5.91 Å². The molecule has 0 saturated carbocycles. The molecule has 0 bridgehead atoms. The SMILES string of the molecule is CCC[C@@H](c1ccc(C(=O)NCCC(=O)OCC)cc1)[C@H](C(=O)Nc1ccc(Cl)cc1F)c1ccc(OC(F)(F)F)cc1. The maximum absolute atomic E-state index is 14.6. The number of amides is 2. The topological polar surface area (TPSA) is 93.7 Å². The lowest BCUT2D eigenvalue weighted by atomic mass is 9.78. The third-order valence-corrected chi connectivity index (χ3v) is 6.70. The maximum Gasteiger partial charge on any atom is 0.573 e. The Kier molecular flexibility index (Phi) is 11.9. The largest absolute Gasteiger partial charge is 0.573 e. The number of anilines is 1. The van der Waals surface area contributed by atoms with Gasteiger partial charge in [0.05, 0.1) is 24.6 Å². The summed E-state index contributed by atoms with van der Waals surface area (Å²) in [6, 6.07) is 15.2. The Morgan fingerprint density at radius 2 is 1.58 bits per heavy atom. The molecule has 0 aromatic heterocycles. The third-order valence-electron chi connectivity index (χ3n) is 6.47. The Hall–Kier alpha value is -4.12. The molecular weight excluding hydrogens is 592 g/mol. The van der Waals surface area contributed by atoms with Gasteiger partial charge in [-0.25, -0.2) is 4.39 Å². The summed E-state index contributed by atoms with van der Waals surface area (Å²) in [5, 5.41) is 5.37. The van der Waals surface area contributed by atoms with E-state index in [9.17, 15) is 31.9 Å². The first-order chi connectivity index (χ1) is 20.4. The highest BCUT2D eigenvalue weighted by Crippen LogP contribution is 2.39. The van der Waals surface area contributed by atoms with Gasteiger partial charge in [-0.1, -0.05) is 49.2 Å². The number of carbonyl (C=O) groups excluding carboxylic acids is 3. The fraction of sp³-hybridized carbons (Fsp3) is 0.323. The van der Waals surface area contributed by atoms with Crippen LogP contribution in [0.3, 0.4) is 0 Å². The van der Waals surface area contributed by atoms with Gasteiger partial charge in [-0.3, -0.25) is 14.4 Å². The molecule has 2 N–H and O–H groups in total. The van der Waals surface area contributed by atoms with E-state index >= 15 is 0 Å². The molecule has 0 aliphatic rings. The summed E-state index contributed by atoms with van der Waals surface area (Å²) in [6.07, 6.45) is -3.75. The number of ether oxygens (including phenoxy) is 2. The highest BCUT2D eigenvalue weighted by atomic mass is 35.5. The smallest absolute Gasteiger partial charge is 0.466 e. The van der Waals surface area contributed by atoms with Crippen molar-refractivity contribution < 1.29 is 41.4 Å². The first-order valence-corrected chi connectivity index (χ1v) is 13.9. The van der Waals surface area contributed by atoms with Gasteiger partial charge in [-0.05, 0) is 72.9 Å². The zero-order chi connectivity index (χ0) is 31.6. The minimum Gasteiger partial charge on any atom is -0.466 e. The fourth-order valence-corrected chi connectivity index (χ4v) is 4.74. The van der Waals surface area contributed by atoms with Crippen molar-refractivity contribution in [1.29, 1.82) is 0 Å². The number of carbonyl (C=O) groups is 3. The van der Waals surface area contributed by atoms with Gasteiger partial charge in [0.15, 0.2) is 0 Å². The number of hydrogen-bond acceptors (Lipinski definition) is 5. The lowest BCUT2D eigenvalue weighted by Crippen LogP contribution is -2.28. The maximum atomic E-state index is 14.6. The number of halogens is 5. The van der Waals surface area contributed by atoms with Gasteiger partial charge in [0, 0.05) is 17.1 Å². The molecule has 0 unspecified atom stereocenters. The minimum atomic E-state index is -4.89. The molecule has 3 aromatic rings. The highest BCUT2D eigenvalue weighted by Gasteiger charge is 2.33. The molecule has 230 valence electrons. The lowest BCUT2D eigenvalue weighted by Gasteiger charge is -2.28. The first-order valence-electron chi connectivity index (χ1n) is 13.6. The molecule has 43 heavy (non-hydrogen) atoms. The molecule has 7 nitrogen and oxygen atoms in total. The first kappa shape index (κ1) is 33.4. The summed E-state index contributed by atoms with van der Waals surface area (Å²) in [7, 11) is 0. The van der Waals surface area contributed by atoms with Crippen molar-refractivity contribution in [2.45, 2.75) is 51.3 Å². The molecule has 3 aromatic carbocycles. The molecule has 0 radical (unpaired) electrons. The zero-order valence-electron chi connectivity index (χ0n) is 23.5. The van der Waals surface area contributed by atoms with Gasteiger partial charge in [0.1, 0.15) is 11.6 Å². The Morgan fingerprint density at radius 1 is 0.930 bits per heavy atom. The standard InChI is InChI=1S/C31H31ClF4N2O5/c1-3-5-24(19-6-8-21(9-7-19)29(40)37-17-16-27(39)42-4-2)28(20-10-13-23(14-11-20)43-31(34,35)36)30(41)38-26-15-12-22(32)18-25(26)33/h6-15,18,24,28H,3-5,16-17H2,1-2H3,(H,37,40)(H,38,41)/t24-,28+/m0/s1. The average molecular weight is 623 g/mol. The second kappa shape index (κ2) is 15.4. The van der Waals surface area contributed by atoms with Crippen LogP contribution in [0.15, 0.2) is 66.7 Å². The number of rotatable bonds is 13. The number of alkyl halides is 3. The molecule has 0 fully saturated rings. The molecule has 0 heterocycles. The summed E-state index contributed by atoms with van der Waals surface area (Å²) in [5.41, 5.74) is 1.26. The van der Waals surface area contributed by atoms with Crippen LogP contribution in [0.25, 0.3) is 0 Å². The predicted octanol–water partition coefficient (Wildman–Crippen LogP) is 7.37. The number of benzene rings is 3. The van der Waals surface area contributed by atoms with E-state index in [1.165, 1.54) is 24.3 Å². The van der Waals surface area contributed by atoms with Crippen LogP contribution in [0, 0.1) is 5.82 Å². The Morgan fingerprint density at radius 3 is 2.16 bits per heavy atom. The van der Waals surface area contributed by atoms with Crippen LogP contribution in [0.4, 0.5) is 23.2 Å². The van der Waals surface area contributed by atoms with E-state index in [0.717, 1.165) is 18.2 Å². The number of nitrogens with one attached hydrogen (secondary N) is 2. The van der Waals surface area contributed by atoms with Gasteiger partial charge >= 0.3 is 12.3 Å². The average Bonchev–Trinajstić information content (AvgIpc) is 2.94. The second-order valence-corrected chi connectivity index (χ2v) is 9.97. The highest BCUT2D eigenvalue weighted by molar-refractivity contribution is 6.30. The van der Waals surface area contributed by atoms with Gasteiger partial charge in [-0.2, -0.15) is 0 Å². The van der Waals surface area contributed by atoms with Gasteiger partial charge in [-0.15, -0.1) is 13.2 Å². The van der Waals surface area contributed by atoms with Crippen molar-refractivity contribution in [2.24, 2.45) is 0 Å². The normalized spacial score (nSPS) is 12.6. The Bertz CT molecular complexity index is 1400. The molecule has 0 aliphatic carbocycles.